The van der Waals surface area contributed by atoms with Crippen molar-refractivity contribution in [3.8, 4) is 0 Å². The molecule has 0 aromatic heterocycles. The highest BCUT2D eigenvalue weighted by atomic mass is 79.9. The fourth-order valence-corrected chi connectivity index (χ4v) is 2.20. The van der Waals surface area contributed by atoms with E-state index < -0.39 is 5.97 Å². The molecular weight excluding hydrogens is 321 g/mol. The number of carboxylic acids is 1. The van der Waals surface area contributed by atoms with Crippen LogP contribution in [-0.2, 0) is 16.0 Å². The number of aliphatic carboxylic acids is 1. The van der Waals surface area contributed by atoms with Crippen molar-refractivity contribution in [3.63, 3.8) is 0 Å². The van der Waals surface area contributed by atoms with E-state index in [9.17, 15) is 9.59 Å². The van der Waals surface area contributed by atoms with Gasteiger partial charge < -0.3 is 10.4 Å². The molecule has 1 aromatic carbocycles. The normalized spacial score (nSPS) is 10.2. The summed E-state index contributed by atoms with van der Waals surface area (Å²) in [5, 5.41) is 11.7. The molecule has 0 saturated heterocycles. The van der Waals surface area contributed by atoms with E-state index in [4.69, 9.17) is 16.7 Å². The van der Waals surface area contributed by atoms with Gasteiger partial charge in [0, 0.05) is 23.5 Å². The van der Waals surface area contributed by atoms with E-state index in [1.165, 1.54) is 6.92 Å². The third-order valence-electron chi connectivity index (χ3n) is 2.26. The second-order valence-corrected chi connectivity index (χ2v) is 5.06. The molecule has 0 aliphatic heterocycles. The van der Waals surface area contributed by atoms with Crippen molar-refractivity contribution >= 4 is 45.1 Å². The van der Waals surface area contributed by atoms with E-state index in [2.05, 4.69) is 21.2 Å². The molecule has 0 aliphatic rings. The number of benzene rings is 1. The number of carbonyl (C=O) groups excluding carboxylic acids is 1. The zero-order valence-electron chi connectivity index (χ0n) is 9.80. The van der Waals surface area contributed by atoms with Gasteiger partial charge in [-0.1, -0.05) is 11.6 Å². The zero-order valence-corrected chi connectivity index (χ0v) is 12.1. The smallest absolute Gasteiger partial charge is 0.303 e. The Kier molecular flexibility index (Phi) is 5.62. The number of amides is 1. The maximum atomic E-state index is 11.0. The molecular formula is C12H13BrClNO3. The summed E-state index contributed by atoms with van der Waals surface area (Å²) in [6.45, 7) is 1.42. The third-order valence-corrected chi connectivity index (χ3v) is 3.72. The van der Waals surface area contributed by atoms with Crippen molar-refractivity contribution in [2.75, 3.05) is 5.32 Å². The average Bonchev–Trinajstić information content (AvgIpc) is 2.23. The zero-order chi connectivity index (χ0) is 13.7. The van der Waals surface area contributed by atoms with Crippen LogP contribution in [0.3, 0.4) is 0 Å². The Hall–Kier alpha value is -1.07. The number of rotatable bonds is 5. The van der Waals surface area contributed by atoms with Gasteiger partial charge in [0.15, 0.2) is 0 Å². The molecule has 0 radical (unpaired) electrons. The van der Waals surface area contributed by atoms with Crippen molar-refractivity contribution in [1.82, 2.24) is 0 Å². The number of anilines is 1. The lowest BCUT2D eigenvalue weighted by Gasteiger charge is -2.10. The van der Waals surface area contributed by atoms with Crippen LogP contribution in [0.2, 0.25) is 5.02 Å². The van der Waals surface area contributed by atoms with E-state index in [1.807, 2.05) is 0 Å². The summed E-state index contributed by atoms with van der Waals surface area (Å²) in [7, 11) is 0. The quantitative estimate of drug-likeness (QED) is 0.866. The first-order valence-corrected chi connectivity index (χ1v) is 6.54. The molecule has 1 amide bonds. The monoisotopic (exact) mass is 333 g/mol. The average molecular weight is 335 g/mol. The number of halogens is 2. The predicted molar refractivity (Wildman–Crippen MR) is 74.0 cm³/mol. The Balaban J connectivity index is 2.84. The summed E-state index contributed by atoms with van der Waals surface area (Å²) in [4.78, 5) is 21.4. The second-order valence-electron chi connectivity index (χ2n) is 3.86. The highest BCUT2D eigenvalue weighted by Crippen LogP contribution is 2.31. The van der Waals surface area contributed by atoms with Crippen LogP contribution >= 0.6 is 27.5 Å². The Bertz CT molecular complexity index is 477. The van der Waals surface area contributed by atoms with E-state index in [1.54, 1.807) is 12.1 Å². The van der Waals surface area contributed by atoms with Crippen LogP contribution in [0.5, 0.6) is 0 Å². The highest BCUT2D eigenvalue weighted by molar-refractivity contribution is 9.10. The first kappa shape index (κ1) is 15.0. The van der Waals surface area contributed by atoms with Crippen molar-refractivity contribution in [1.29, 1.82) is 0 Å². The number of hydrogen-bond acceptors (Lipinski definition) is 2. The molecule has 6 heteroatoms. The number of hydrogen-bond donors (Lipinski definition) is 2. The van der Waals surface area contributed by atoms with Crippen LogP contribution < -0.4 is 5.32 Å². The predicted octanol–water partition coefficient (Wildman–Crippen LogP) is 3.47. The van der Waals surface area contributed by atoms with Crippen LogP contribution in [0.1, 0.15) is 25.3 Å². The molecule has 2 N–H and O–H groups in total. The molecule has 1 rings (SSSR count). The van der Waals surface area contributed by atoms with Crippen molar-refractivity contribution in [2.24, 2.45) is 0 Å². The van der Waals surface area contributed by atoms with E-state index in [-0.39, 0.29) is 12.3 Å². The third kappa shape index (κ3) is 4.66. The largest absolute Gasteiger partial charge is 0.481 e. The van der Waals surface area contributed by atoms with Gasteiger partial charge in [0.1, 0.15) is 0 Å². The van der Waals surface area contributed by atoms with Crippen molar-refractivity contribution < 1.29 is 14.7 Å². The van der Waals surface area contributed by atoms with Gasteiger partial charge >= 0.3 is 5.97 Å². The van der Waals surface area contributed by atoms with Gasteiger partial charge in [-0.25, -0.2) is 0 Å². The van der Waals surface area contributed by atoms with Crippen LogP contribution in [0.15, 0.2) is 16.6 Å². The minimum Gasteiger partial charge on any atom is -0.481 e. The highest BCUT2D eigenvalue weighted by Gasteiger charge is 2.09. The Morgan fingerprint density at radius 2 is 2.11 bits per heavy atom. The van der Waals surface area contributed by atoms with Crippen LogP contribution in [-0.4, -0.2) is 17.0 Å². The molecule has 0 bridgehead atoms. The number of carboxylic acid groups (broad SMARTS) is 1. The molecule has 98 valence electrons. The van der Waals surface area contributed by atoms with Gasteiger partial charge in [0.2, 0.25) is 5.91 Å². The first-order valence-electron chi connectivity index (χ1n) is 5.37. The molecule has 1 aromatic rings. The second kappa shape index (κ2) is 6.75. The maximum Gasteiger partial charge on any atom is 0.303 e. The first-order chi connectivity index (χ1) is 8.40. The fraction of sp³-hybridized carbons (Fsp3) is 0.333. The van der Waals surface area contributed by atoms with Gasteiger partial charge in [0.05, 0.1) is 5.02 Å². The lowest BCUT2D eigenvalue weighted by Crippen LogP contribution is -2.06. The van der Waals surface area contributed by atoms with Gasteiger partial charge in [-0.15, -0.1) is 0 Å². The molecule has 0 unspecified atom stereocenters. The molecule has 0 heterocycles. The van der Waals surface area contributed by atoms with E-state index >= 15 is 0 Å². The number of nitrogens with one attached hydrogen (secondary N) is 1. The topological polar surface area (TPSA) is 66.4 Å². The lowest BCUT2D eigenvalue weighted by molar-refractivity contribution is -0.137. The standard InChI is InChI=1S/C12H13BrClNO3/c1-7(16)15-9-5-8(3-2-4-11(17)18)12(13)10(14)6-9/h5-6H,2-4H2,1H3,(H,15,16)(H,17,18). The Morgan fingerprint density at radius 1 is 1.44 bits per heavy atom. The molecule has 0 aliphatic carbocycles. The number of carbonyl (C=O) groups is 2. The summed E-state index contributed by atoms with van der Waals surface area (Å²) in [6, 6.07) is 3.44. The SMILES string of the molecule is CC(=O)Nc1cc(Cl)c(Br)c(CCCC(=O)O)c1. The molecule has 0 spiro atoms. The van der Waals surface area contributed by atoms with Crippen LogP contribution in [0.4, 0.5) is 5.69 Å². The minimum atomic E-state index is -0.824. The van der Waals surface area contributed by atoms with Gasteiger partial charge in [0.25, 0.3) is 0 Å². The maximum absolute atomic E-state index is 11.0. The van der Waals surface area contributed by atoms with Crippen LogP contribution in [0, 0.1) is 0 Å². The Morgan fingerprint density at radius 3 is 2.67 bits per heavy atom. The molecule has 0 saturated carbocycles. The summed E-state index contributed by atoms with van der Waals surface area (Å²) < 4.78 is 0.739. The Labute approximate surface area is 118 Å². The summed E-state index contributed by atoms with van der Waals surface area (Å²) in [5.74, 6) is -1.000. The van der Waals surface area contributed by atoms with Gasteiger partial charge in [-0.2, -0.15) is 0 Å². The molecule has 0 fully saturated rings. The fourth-order valence-electron chi connectivity index (χ4n) is 1.53. The van der Waals surface area contributed by atoms with Gasteiger partial charge in [-0.05, 0) is 46.5 Å². The summed E-state index contributed by atoms with van der Waals surface area (Å²) >= 11 is 9.39. The molecule has 0 atom stereocenters. The van der Waals surface area contributed by atoms with Crippen LogP contribution in [0.25, 0.3) is 0 Å². The molecule has 18 heavy (non-hydrogen) atoms. The minimum absolute atomic E-state index is 0.106. The lowest BCUT2D eigenvalue weighted by atomic mass is 10.1. The van der Waals surface area contributed by atoms with Crippen molar-refractivity contribution in [3.05, 3.63) is 27.2 Å². The van der Waals surface area contributed by atoms with Gasteiger partial charge in [-0.3, -0.25) is 9.59 Å². The summed E-state index contributed by atoms with van der Waals surface area (Å²) in [6.07, 6.45) is 1.21. The summed E-state index contributed by atoms with van der Waals surface area (Å²) in [5.41, 5.74) is 1.49. The van der Waals surface area contributed by atoms with E-state index in [0.29, 0.717) is 23.6 Å². The molecule has 4 nitrogen and oxygen atoms in total. The van der Waals surface area contributed by atoms with E-state index in [0.717, 1.165) is 10.0 Å². The van der Waals surface area contributed by atoms with Crippen molar-refractivity contribution in [2.45, 2.75) is 26.2 Å². The number of aryl methyl sites for hydroxylation is 1.